The summed E-state index contributed by atoms with van der Waals surface area (Å²) in [5.74, 6) is 0.446. The summed E-state index contributed by atoms with van der Waals surface area (Å²) in [5.41, 5.74) is 4.70. The van der Waals surface area contributed by atoms with Crippen LogP contribution in [0.25, 0.3) is 10.9 Å². The van der Waals surface area contributed by atoms with E-state index < -0.39 is 0 Å². The van der Waals surface area contributed by atoms with Crippen molar-refractivity contribution < 1.29 is 4.79 Å². The number of pyridine rings is 1. The molecule has 0 atom stereocenters. The van der Waals surface area contributed by atoms with Crippen LogP contribution in [0.5, 0.6) is 0 Å². The van der Waals surface area contributed by atoms with Gasteiger partial charge in [-0.2, -0.15) is 0 Å². The fourth-order valence-electron chi connectivity index (χ4n) is 2.48. The lowest BCUT2D eigenvalue weighted by Crippen LogP contribution is -2.19. The number of hydrogen-bond donors (Lipinski definition) is 1. The van der Waals surface area contributed by atoms with Gasteiger partial charge in [0.1, 0.15) is 0 Å². The molecule has 0 radical (unpaired) electrons. The molecule has 20 heavy (non-hydrogen) atoms. The number of carbonyl (C=O) groups is 1. The molecule has 2 rings (SSSR count). The average molecular weight is 270 g/mol. The molecule has 1 amide bonds. The zero-order chi connectivity index (χ0) is 14.7. The molecule has 0 aliphatic carbocycles. The number of fused-ring (bicyclic) bond motifs is 1. The Balaban J connectivity index is 2.61. The second kappa shape index (κ2) is 6.04. The van der Waals surface area contributed by atoms with Gasteiger partial charge >= 0.3 is 0 Å². The summed E-state index contributed by atoms with van der Waals surface area (Å²) in [6.45, 7) is 8.61. The van der Waals surface area contributed by atoms with Gasteiger partial charge in [0.15, 0.2) is 0 Å². The standard InChI is InChI=1S/C17H22N2O/c1-5-13-8-14(10-19-12(4)20)17-16(9-13)15(11(2)3)6-7-18-17/h6-9,11H,5,10H2,1-4H3,(H,19,20). The molecule has 106 valence electrons. The Morgan fingerprint density at radius 2 is 2.10 bits per heavy atom. The van der Waals surface area contributed by atoms with Gasteiger partial charge in [-0.25, -0.2) is 0 Å². The number of aryl methyl sites for hydroxylation is 1. The molecule has 0 fully saturated rings. The molecule has 0 unspecified atom stereocenters. The van der Waals surface area contributed by atoms with E-state index in [9.17, 15) is 4.79 Å². The number of nitrogens with zero attached hydrogens (tertiary/aromatic N) is 1. The first-order valence-electron chi connectivity index (χ1n) is 7.17. The highest BCUT2D eigenvalue weighted by Gasteiger charge is 2.11. The largest absolute Gasteiger partial charge is 0.352 e. The van der Waals surface area contributed by atoms with E-state index in [1.807, 2.05) is 6.20 Å². The fourth-order valence-corrected chi connectivity index (χ4v) is 2.48. The monoisotopic (exact) mass is 270 g/mol. The Labute approximate surface area is 120 Å². The Hall–Kier alpha value is -1.90. The van der Waals surface area contributed by atoms with Gasteiger partial charge in [0.05, 0.1) is 5.52 Å². The van der Waals surface area contributed by atoms with E-state index in [1.165, 1.54) is 16.5 Å². The number of hydrogen-bond acceptors (Lipinski definition) is 2. The van der Waals surface area contributed by atoms with Crippen LogP contribution in [0.1, 0.15) is 50.3 Å². The van der Waals surface area contributed by atoms with Crippen LogP contribution >= 0.6 is 0 Å². The molecule has 0 saturated carbocycles. The second-order valence-electron chi connectivity index (χ2n) is 5.47. The van der Waals surface area contributed by atoms with Crippen molar-refractivity contribution >= 4 is 16.8 Å². The Morgan fingerprint density at radius 1 is 1.35 bits per heavy atom. The number of amides is 1. The molecule has 0 spiro atoms. The molecule has 0 aliphatic heterocycles. The molecular formula is C17H22N2O. The minimum absolute atomic E-state index is 0.0138. The highest BCUT2D eigenvalue weighted by Crippen LogP contribution is 2.27. The van der Waals surface area contributed by atoms with Gasteiger partial charge in [0.25, 0.3) is 0 Å². The first kappa shape index (κ1) is 14.5. The average Bonchev–Trinajstić information content (AvgIpc) is 2.43. The Morgan fingerprint density at radius 3 is 2.70 bits per heavy atom. The van der Waals surface area contributed by atoms with E-state index in [4.69, 9.17) is 0 Å². The SMILES string of the molecule is CCc1cc(CNC(C)=O)c2nccc(C(C)C)c2c1. The van der Waals surface area contributed by atoms with E-state index >= 15 is 0 Å². The van der Waals surface area contributed by atoms with Crippen molar-refractivity contribution in [2.75, 3.05) is 0 Å². The lowest BCUT2D eigenvalue weighted by atomic mass is 9.95. The number of carbonyl (C=O) groups excluding carboxylic acids is 1. The van der Waals surface area contributed by atoms with Crippen LogP contribution in [0.15, 0.2) is 24.4 Å². The summed E-state index contributed by atoms with van der Waals surface area (Å²) >= 11 is 0. The third kappa shape index (κ3) is 2.98. The van der Waals surface area contributed by atoms with Gasteiger partial charge in [-0.15, -0.1) is 0 Å². The fraction of sp³-hybridized carbons (Fsp3) is 0.412. The molecule has 1 aromatic heterocycles. The molecule has 0 bridgehead atoms. The summed E-state index contributed by atoms with van der Waals surface area (Å²) < 4.78 is 0. The molecule has 0 aliphatic rings. The first-order chi connectivity index (χ1) is 9.52. The van der Waals surface area contributed by atoms with Gasteiger partial charge in [0.2, 0.25) is 5.91 Å². The summed E-state index contributed by atoms with van der Waals surface area (Å²) in [4.78, 5) is 15.7. The van der Waals surface area contributed by atoms with Crippen LogP contribution in [0.4, 0.5) is 0 Å². The van der Waals surface area contributed by atoms with Gasteiger partial charge in [-0.3, -0.25) is 9.78 Å². The summed E-state index contributed by atoms with van der Waals surface area (Å²) in [6, 6.07) is 6.47. The van der Waals surface area contributed by atoms with Crippen LogP contribution in [-0.4, -0.2) is 10.9 Å². The first-order valence-corrected chi connectivity index (χ1v) is 7.17. The molecule has 3 nitrogen and oxygen atoms in total. The van der Waals surface area contributed by atoms with Crippen molar-refractivity contribution in [3.05, 3.63) is 41.1 Å². The minimum atomic E-state index is -0.0138. The van der Waals surface area contributed by atoms with Gasteiger partial charge in [-0.1, -0.05) is 26.8 Å². The van der Waals surface area contributed by atoms with Gasteiger partial charge < -0.3 is 5.32 Å². The Bertz CT molecular complexity index is 632. The maximum Gasteiger partial charge on any atom is 0.217 e. The minimum Gasteiger partial charge on any atom is -0.352 e. The summed E-state index contributed by atoms with van der Waals surface area (Å²) in [6.07, 6.45) is 2.84. The number of benzene rings is 1. The van der Waals surface area contributed by atoms with Crippen molar-refractivity contribution in [3.63, 3.8) is 0 Å². The van der Waals surface area contributed by atoms with Crippen molar-refractivity contribution in [1.29, 1.82) is 0 Å². The van der Waals surface area contributed by atoms with Crippen LogP contribution in [0.2, 0.25) is 0 Å². The second-order valence-corrected chi connectivity index (χ2v) is 5.47. The summed E-state index contributed by atoms with van der Waals surface area (Å²) in [5, 5.41) is 4.09. The Kier molecular flexibility index (Phi) is 4.38. The summed E-state index contributed by atoms with van der Waals surface area (Å²) in [7, 11) is 0. The normalized spacial score (nSPS) is 11.1. The predicted molar refractivity (Wildman–Crippen MR) is 82.7 cm³/mol. The smallest absolute Gasteiger partial charge is 0.217 e. The highest BCUT2D eigenvalue weighted by molar-refractivity contribution is 5.86. The number of nitrogens with one attached hydrogen (secondary N) is 1. The molecule has 3 heteroatoms. The van der Waals surface area contributed by atoms with Crippen LogP contribution in [0.3, 0.4) is 0 Å². The van der Waals surface area contributed by atoms with Crippen LogP contribution < -0.4 is 5.32 Å². The maximum absolute atomic E-state index is 11.2. The van der Waals surface area contributed by atoms with Crippen molar-refractivity contribution in [1.82, 2.24) is 10.3 Å². The van der Waals surface area contributed by atoms with Gasteiger partial charge in [0, 0.05) is 25.1 Å². The lowest BCUT2D eigenvalue weighted by Gasteiger charge is -2.14. The topological polar surface area (TPSA) is 42.0 Å². The van der Waals surface area contributed by atoms with Crippen molar-refractivity contribution in [2.24, 2.45) is 0 Å². The number of rotatable bonds is 4. The van der Waals surface area contributed by atoms with Crippen molar-refractivity contribution in [3.8, 4) is 0 Å². The van der Waals surface area contributed by atoms with E-state index in [-0.39, 0.29) is 5.91 Å². The number of aromatic nitrogens is 1. The zero-order valence-corrected chi connectivity index (χ0v) is 12.7. The lowest BCUT2D eigenvalue weighted by molar-refractivity contribution is -0.119. The molecule has 0 saturated heterocycles. The molecule has 1 N–H and O–H groups in total. The third-order valence-electron chi connectivity index (χ3n) is 3.58. The van der Waals surface area contributed by atoms with E-state index in [2.05, 4.69) is 49.3 Å². The zero-order valence-electron chi connectivity index (χ0n) is 12.7. The van der Waals surface area contributed by atoms with Crippen LogP contribution in [0, 0.1) is 0 Å². The van der Waals surface area contributed by atoms with Gasteiger partial charge in [-0.05, 0) is 41.2 Å². The predicted octanol–water partition coefficient (Wildman–Crippen LogP) is 3.56. The molecule has 1 heterocycles. The van der Waals surface area contributed by atoms with E-state index in [0.717, 1.165) is 17.5 Å². The van der Waals surface area contributed by atoms with Crippen LogP contribution in [-0.2, 0) is 17.8 Å². The van der Waals surface area contributed by atoms with E-state index in [1.54, 1.807) is 6.92 Å². The molecule has 1 aromatic carbocycles. The maximum atomic E-state index is 11.2. The van der Waals surface area contributed by atoms with Crippen molar-refractivity contribution in [2.45, 2.75) is 46.6 Å². The molecular weight excluding hydrogens is 248 g/mol. The van der Waals surface area contributed by atoms with E-state index in [0.29, 0.717) is 12.5 Å². The quantitative estimate of drug-likeness (QED) is 0.923. The highest BCUT2D eigenvalue weighted by atomic mass is 16.1. The third-order valence-corrected chi connectivity index (χ3v) is 3.58. The molecule has 2 aromatic rings.